The Morgan fingerprint density at radius 2 is 1.89 bits per heavy atom. The van der Waals surface area contributed by atoms with Gasteiger partial charge in [-0.15, -0.1) is 0 Å². The molecule has 3 rings (SSSR count). The van der Waals surface area contributed by atoms with Gasteiger partial charge in [0.05, 0.1) is 0 Å². The minimum atomic E-state index is 0.311. The van der Waals surface area contributed by atoms with Crippen LogP contribution in [0.2, 0.25) is 0 Å². The maximum absolute atomic E-state index is 9.29. The van der Waals surface area contributed by atoms with Crippen LogP contribution in [-0.4, -0.2) is 10.1 Å². The Labute approximate surface area is 107 Å². The van der Waals surface area contributed by atoms with E-state index in [9.17, 15) is 5.11 Å². The molecule has 0 fully saturated rings. The van der Waals surface area contributed by atoms with E-state index in [1.165, 1.54) is 23.1 Å². The van der Waals surface area contributed by atoms with E-state index < -0.39 is 0 Å². The van der Waals surface area contributed by atoms with E-state index in [0.717, 1.165) is 18.4 Å². The Morgan fingerprint density at radius 1 is 1.06 bits per heavy atom. The second-order valence-corrected chi connectivity index (χ2v) is 4.65. The number of pyridine rings is 1. The summed E-state index contributed by atoms with van der Waals surface area (Å²) in [5.41, 5.74) is 5.16. The third-order valence-electron chi connectivity index (χ3n) is 3.38. The molecule has 0 saturated carbocycles. The number of benzene rings is 1. The zero-order chi connectivity index (χ0) is 12.4. The van der Waals surface area contributed by atoms with E-state index in [0.29, 0.717) is 5.75 Å². The quantitative estimate of drug-likeness (QED) is 0.821. The molecule has 0 spiro atoms. The highest BCUT2D eigenvalue weighted by molar-refractivity contribution is 5.83. The summed E-state index contributed by atoms with van der Waals surface area (Å²) in [4.78, 5) is 4.19. The number of rotatable bonds is 1. The number of aryl methyl sites for hydroxylation is 1. The summed E-state index contributed by atoms with van der Waals surface area (Å²) >= 11 is 0. The minimum Gasteiger partial charge on any atom is -0.508 e. The van der Waals surface area contributed by atoms with E-state index in [1.807, 2.05) is 24.5 Å². The Bertz CT molecular complexity index is 584. The highest BCUT2D eigenvalue weighted by Crippen LogP contribution is 2.31. The Kier molecular flexibility index (Phi) is 2.85. The molecule has 2 heteroatoms. The smallest absolute Gasteiger partial charge is 0.115 e. The zero-order valence-electron chi connectivity index (χ0n) is 10.1. The first-order valence-corrected chi connectivity index (χ1v) is 6.26. The second kappa shape index (κ2) is 4.65. The number of fused-ring (bicyclic) bond motifs is 1. The van der Waals surface area contributed by atoms with Gasteiger partial charge in [-0.05, 0) is 59.7 Å². The van der Waals surface area contributed by atoms with Gasteiger partial charge in [0.2, 0.25) is 0 Å². The number of aromatic nitrogens is 1. The van der Waals surface area contributed by atoms with E-state index in [-0.39, 0.29) is 0 Å². The van der Waals surface area contributed by atoms with Crippen molar-refractivity contribution in [2.75, 3.05) is 0 Å². The van der Waals surface area contributed by atoms with E-state index in [1.54, 1.807) is 12.1 Å². The van der Waals surface area contributed by atoms with Gasteiger partial charge in [-0.3, -0.25) is 4.98 Å². The molecule has 2 nitrogen and oxygen atoms in total. The zero-order valence-corrected chi connectivity index (χ0v) is 10.1. The summed E-state index contributed by atoms with van der Waals surface area (Å²) in [5.74, 6) is 0.311. The maximum atomic E-state index is 9.29. The van der Waals surface area contributed by atoms with Crippen molar-refractivity contribution in [2.24, 2.45) is 0 Å². The first kappa shape index (κ1) is 11.0. The summed E-state index contributed by atoms with van der Waals surface area (Å²) in [5, 5.41) is 9.29. The lowest BCUT2D eigenvalue weighted by Gasteiger charge is -2.18. The van der Waals surface area contributed by atoms with Crippen LogP contribution in [-0.2, 0) is 6.42 Å². The molecule has 0 unspecified atom stereocenters. The van der Waals surface area contributed by atoms with Crippen LogP contribution in [0.5, 0.6) is 5.75 Å². The van der Waals surface area contributed by atoms with Crippen LogP contribution in [0.25, 0.3) is 11.6 Å². The molecule has 1 heterocycles. The van der Waals surface area contributed by atoms with Gasteiger partial charge in [-0.2, -0.15) is 0 Å². The van der Waals surface area contributed by atoms with Crippen molar-refractivity contribution < 1.29 is 5.11 Å². The molecular weight excluding hydrogens is 222 g/mol. The molecule has 2 aromatic rings. The lowest BCUT2D eigenvalue weighted by molar-refractivity contribution is 0.475. The molecule has 0 atom stereocenters. The number of hydrogen-bond acceptors (Lipinski definition) is 2. The van der Waals surface area contributed by atoms with Crippen molar-refractivity contribution in [2.45, 2.75) is 19.3 Å². The summed E-state index contributed by atoms with van der Waals surface area (Å²) in [6.45, 7) is 0. The molecule has 1 aromatic heterocycles. The third-order valence-corrected chi connectivity index (χ3v) is 3.38. The SMILES string of the molecule is Oc1ccc(/C=C2\CCCc3cnccc32)cc1. The number of aromatic hydroxyl groups is 1. The molecule has 0 bridgehead atoms. The lowest BCUT2D eigenvalue weighted by atomic mass is 9.88. The van der Waals surface area contributed by atoms with E-state index in [4.69, 9.17) is 0 Å². The van der Waals surface area contributed by atoms with E-state index in [2.05, 4.69) is 17.1 Å². The largest absolute Gasteiger partial charge is 0.508 e. The van der Waals surface area contributed by atoms with Crippen LogP contribution in [0.3, 0.4) is 0 Å². The van der Waals surface area contributed by atoms with Crippen LogP contribution in [0.4, 0.5) is 0 Å². The Morgan fingerprint density at radius 3 is 2.72 bits per heavy atom. The van der Waals surface area contributed by atoms with Crippen molar-refractivity contribution in [3.05, 3.63) is 59.4 Å². The van der Waals surface area contributed by atoms with Gasteiger partial charge in [0, 0.05) is 12.4 Å². The molecule has 18 heavy (non-hydrogen) atoms. The first-order valence-electron chi connectivity index (χ1n) is 6.26. The standard InChI is InChI=1S/C16H15NO/c18-15-6-4-12(5-7-15)10-13-2-1-3-14-11-17-9-8-16(13)14/h4-11,18H,1-3H2/b13-10+. The van der Waals surface area contributed by atoms with Gasteiger partial charge in [-0.1, -0.05) is 18.2 Å². The predicted octanol–water partition coefficient (Wildman–Crippen LogP) is 3.66. The molecule has 0 aliphatic heterocycles. The summed E-state index contributed by atoms with van der Waals surface area (Å²) in [7, 11) is 0. The van der Waals surface area contributed by atoms with Crippen molar-refractivity contribution >= 4 is 11.6 Å². The summed E-state index contributed by atoms with van der Waals surface area (Å²) in [6, 6.07) is 9.43. The molecule has 0 amide bonds. The van der Waals surface area contributed by atoms with Crippen LogP contribution < -0.4 is 0 Å². The molecule has 90 valence electrons. The number of phenols is 1. The maximum Gasteiger partial charge on any atom is 0.115 e. The average molecular weight is 237 g/mol. The molecule has 1 aliphatic rings. The molecule has 1 aliphatic carbocycles. The van der Waals surface area contributed by atoms with Crippen molar-refractivity contribution in [1.82, 2.24) is 4.98 Å². The van der Waals surface area contributed by atoms with Gasteiger partial charge < -0.3 is 5.11 Å². The fourth-order valence-electron chi connectivity index (χ4n) is 2.47. The Balaban J connectivity index is 2.00. The molecule has 1 N–H and O–H groups in total. The molecular formula is C16H15NO. The fourth-order valence-corrected chi connectivity index (χ4v) is 2.47. The van der Waals surface area contributed by atoms with Crippen LogP contribution in [0, 0.1) is 0 Å². The highest BCUT2D eigenvalue weighted by Gasteiger charge is 2.13. The third kappa shape index (κ3) is 2.14. The molecule has 0 saturated heterocycles. The molecule has 0 radical (unpaired) electrons. The monoisotopic (exact) mass is 237 g/mol. The van der Waals surface area contributed by atoms with Crippen LogP contribution >= 0.6 is 0 Å². The van der Waals surface area contributed by atoms with Gasteiger partial charge >= 0.3 is 0 Å². The van der Waals surface area contributed by atoms with Crippen molar-refractivity contribution in [3.8, 4) is 5.75 Å². The minimum absolute atomic E-state index is 0.311. The summed E-state index contributed by atoms with van der Waals surface area (Å²) in [6.07, 6.45) is 9.45. The van der Waals surface area contributed by atoms with Gasteiger partial charge in [0.1, 0.15) is 5.75 Å². The summed E-state index contributed by atoms with van der Waals surface area (Å²) < 4.78 is 0. The number of nitrogens with zero attached hydrogens (tertiary/aromatic N) is 1. The Hall–Kier alpha value is -2.09. The van der Waals surface area contributed by atoms with E-state index >= 15 is 0 Å². The van der Waals surface area contributed by atoms with Crippen LogP contribution in [0.1, 0.15) is 29.5 Å². The van der Waals surface area contributed by atoms with Crippen LogP contribution in [0.15, 0.2) is 42.7 Å². The predicted molar refractivity (Wildman–Crippen MR) is 73.2 cm³/mol. The normalized spacial score (nSPS) is 16.6. The highest BCUT2D eigenvalue weighted by atomic mass is 16.3. The molecule has 1 aromatic carbocycles. The average Bonchev–Trinajstić information content (AvgIpc) is 2.42. The fraction of sp³-hybridized carbons (Fsp3) is 0.188. The first-order chi connectivity index (χ1) is 8.83. The lowest BCUT2D eigenvalue weighted by Crippen LogP contribution is -2.01. The number of phenolic OH excluding ortho intramolecular Hbond substituents is 1. The van der Waals surface area contributed by atoms with Gasteiger partial charge in [-0.25, -0.2) is 0 Å². The van der Waals surface area contributed by atoms with Gasteiger partial charge in [0.25, 0.3) is 0 Å². The number of allylic oxidation sites excluding steroid dienone is 1. The van der Waals surface area contributed by atoms with Crippen molar-refractivity contribution in [1.29, 1.82) is 0 Å². The van der Waals surface area contributed by atoms with Crippen molar-refractivity contribution in [3.63, 3.8) is 0 Å². The number of hydrogen-bond donors (Lipinski definition) is 1. The van der Waals surface area contributed by atoms with Gasteiger partial charge in [0.15, 0.2) is 0 Å². The topological polar surface area (TPSA) is 33.1 Å². The second-order valence-electron chi connectivity index (χ2n) is 4.65.